The van der Waals surface area contributed by atoms with E-state index in [1.54, 1.807) is 0 Å². The first-order valence-electron chi connectivity index (χ1n) is 18.3. The van der Waals surface area contributed by atoms with Crippen LogP contribution in [0.4, 0.5) is 0 Å². The molecule has 46 heavy (non-hydrogen) atoms. The summed E-state index contributed by atoms with van der Waals surface area (Å²) in [7, 11) is -4.77. The van der Waals surface area contributed by atoms with Crippen molar-refractivity contribution < 1.29 is 29.1 Å². The van der Waals surface area contributed by atoms with E-state index in [0.717, 1.165) is 109 Å². The lowest BCUT2D eigenvalue weighted by atomic mass is 9.97. The molecule has 0 aromatic carbocycles. The van der Waals surface area contributed by atoms with E-state index in [0.29, 0.717) is 19.3 Å². The van der Waals surface area contributed by atoms with Gasteiger partial charge in [0.05, 0.1) is 12.2 Å². The summed E-state index contributed by atoms with van der Waals surface area (Å²) in [6.07, 6.45) is 44.5. The van der Waals surface area contributed by atoms with Crippen molar-refractivity contribution in [2.24, 2.45) is 0 Å². The van der Waals surface area contributed by atoms with Crippen LogP contribution in [0.25, 0.3) is 0 Å². The predicted octanol–water partition coefficient (Wildman–Crippen LogP) is 11.1. The quantitative estimate of drug-likeness (QED) is 0.0324. The van der Waals surface area contributed by atoms with Crippen LogP contribution < -0.4 is 0 Å². The Morgan fingerprint density at radius 1 is 0.500 bits per heavy atom. The summed E-state index contributed by atoms with van der Waals surface area (Å²) in [6, 6.07) is 0. The van der Waals surface area contributed by atoms with Gasteiger partial charge in [0.1, 0.15) is 6.10 Å². The maximum Gasteiger partial charge on any atom is 0.469 e. The second-order valence-electron chi connectivity index (χ2n) is 12.2. The molecule has 0 spiro atoms. The molecule has 0 bridgehead atoms. The molecule has 4 N–H and O–H groups in total. The molecule has 7 heteroatoms. The lowest BCUT2D eigenvalue weighted by molar-refractivity contribution is -0.0628. The fraction of sp³-hybridized carbons (Fsp3) is 0.692. The molecule has 266 valence electrons. The first-order valence-corrected chi connectivity index (χ1v) is 19.8. The summed E-state index contributed by atoms with van der Waals surface area (Å²) in [4.78, 5) is 18.7. The molecule has 0 aliphatic heterocycles. The van der Waals surface area contributed by atoms with Crippen molar-refractivity contribution in [1.82, 2.24) is 0 Å². The molecule has 0 aliphatic rings. The zero-order valence-corrected chi connectivity index (χ0v) is 30.2. The number of aliphatic hydroxyl groups excluding tert-OH is 2. The largest absolute Gasteiger partial charge is 0.469 e. The second kappa shape index (κ2) is 33.4. The highest BCUT2D eigenvalue weighted by atomic mass is 31.2. The van der Waals surface area contributed by atoms with Crippen LogP contribution in [0.2, 0.25) is 0 Å². The fourth-order valence-electron chi connectivity index (χ4n) is 5.17. The highest BCUT2D eigenvalue weighted by Crippen LogP contribution is 2.40. The van der Waals surface area contributed by atoms with Gasteiger partial charge in [-0.05, 0) is 77.0 Å². The molecule has 3 atom stereocenters. The summed E-state index contributed by atoms with van der Waals surface area (Å²) in [6.45, 7) is 4.28. The third-order valence-corrected chi connectivity index (χ3v) is 8.38. The Bertz CT molecular complexity index is 885. The van der Waals surface area contributed by atoms with Gasteiger partial charge in [-0.3, -0.25) is 4.52 Å². The van der Waals surface area contributed by atoms with Crippen molar-refractivity contribution in [2.75, 3.05) is 0 Å². The van der Waals surface area contributed by atoms with E-state index < -0.39 is 26.1 Å². The standard InChI is InChI=1S/C39H69O6P/c1-3-5-7-9-11-13-15-17-19-21-23-25-27-29-31-33-35-37(40)39(41)38(45-46(42,43)44)36-34-32-30-28-26-24-22-20-18-16-14-12-10-8-6-4-2/h5-8,11-14,17-20,37-41H,3-4,9-10,15-16,21-36H2,1-2H3,(H2,42,43,44)/b7-5-,8-6-,13-11-,14-12-,19-17-,20-18-/t37?,38?,39-/m1/s1. The van der Waals surface area contributed by atoms with Crippen molar-refractivity contribution in [3.8, 4) is 0 Å². The van der Waals surface area contributed by atoms with Crippen LogP contribution in [0.3, 0.4) is 0 Å². The molecule has 0 aromatic rings. The van der Waals surface area contributed by atoms with E-state index in [2.05, 4.69) is 86.8 Å². The van der Waals surface area contributed by atoms with Crippen LogP contribution in [0.5, 0.6) is 0 Å². The van der Waals surface area contributed by atoms with Gasteiger partial charge in [0.25, 0.3) is 0 Å². The van der Waals surface area contributed by atoms with Gasteiger partial charge in [-0.1, -0.05) is 151 Å². The Morgan fingerprint density at radius 3 is 1.26 bits per heavy atom. The van der Waals surface area contributed by atoms with Gasteiger partial charge in [-0.25, -0.2) is 4.57 Å². The lowest BCUT2D eigenvalue weighted by Gasteiger charge is -2.27. The van der Waals surface area contributed by atoms with E-state index in [4.69, 9.17) is 4.52 Å². The van der Waals surface area contributed by atoms with Crippen LogP contribution >= 0.6 is 7.82 Å². The fourth-order valence-corrected chi connectivity index (χ4v) is 5.75. The van der Waals surface area contributed by atoms with Gasteiger partial charge >= 0.3 is 7.82 Å². The highest BCUT2D eigenvalue weighted by molar-refractivity contribution is 7.46. The van der Waals surface area contributed by atoms with Crippen molar-refractivity contribution in [1.29, 1.82) is 0 Å². The molecule has 2 unspecified atom stereocenters. The van der Waals surface area contributed by atoms with Crippen LogP contribution in [-0.4, -0.2) is 38.3 Å². The Morgan fingerprint density at radius 2 is 0.848 bits per heavy atom. The number of phosphoric acid groups is 1. The average Bonchev–Trinajstić information content (AvgIpc) is 3.02. The SMILES string of the molecule is CC/C=C\C/C=C\C/C=C\CCCCCCCCC(O)[C@@H](O)C(CCCCCCCC/C=C\C/C=C\C/C=C\CC)OP(=O)(O)O. The molecule has 0 rings (SSSR count). The number of allylic oxidation sites excluding steroid dienone is 12. The molecule has 0 aromatic heterocycles. The van der Waals surface area contributed by atoms with E-state index in [-0.39, 0.29) is 0 Å². The van der Waals surface area contributed by atoms with Crippen LogP contribution in [0, 0.1) is 0 Å². The Balaban J connectivity index is 4.01. The predicted molar refractivity (Wildman–Crippen MR) is 197 cm³/mol. The smallest absolute Gasteiger partial charge is 0.390 e. The monoisotopic (exact) mass is 664 g/mol. The van der Waals surface area contributed by atoms with Gasteiger partial charge in [0.2, 0.25) is 0 Å². The van der Waals surface area contributed by atoms with E-state index in [9.17, 15) is 24.6 Å². The number of phosphoric ester groups is 1. The minimum Gasteiger partial charge on any atom is -0.390 e. The van der Waals surface area contributed by atoms with Gasteiger partial charge < -0.3 is 20.0 Å². The molecule has 0 amide bonds. The third-order valence-electron chi connectivity index (χ3n) is 7.84. The van der Waals surface area contributed by atoms with Crippen LogP contribution in [-0.2, 0) is 9.09 Å². The zero-order chi connectivity index (χ0) is 34.0. The molecule has 0 saturated heterocycles. The number of hydrogen-bond acceptors (Lipinski definition) is 4. The Hall–Kier alpha value is -1.53. The Labute approximate surface area is 282 Å². The molecule has 0 heterocycles. The van der Waals surface area contributed by atoms with Crippen molar-refractivity contribution in [2.45, 2.75) is 173 Å². The molecule has 0 aliphatic carbocycles. The minimum absolute atomic E-state index is 0.314. The zero-order valence-electron chi connectivity index (χ0n) is 29.3. The summed E-state index contributed by atoms with van der Waals surface area (Å²) in [5.74, 6) is 0. The van der Waals surface area contributed by atoms with E-state index in [1.807, 2.05) is 0 Å². The topological polar surface area (TPSA) is 107 Å². The van der Waals surface area contributed by atoms with E-state index in [1.165, 1.54) is 12.8 Å². The maximum atomic E-state index is 11.5. The molecule has 0 saturated carbocycles. The van der Waals surface area contributed by atoms with Crippen molar-refractivity contribution in [3.05, 3.63) is 72.9 Å². The van der Waals surface area contributed by atoms with Gasteiger partial charge in [0, 0.05) is 0 Å². The van der Waals surface area contributed by atoms with E-state index >= 15 is 0 Å². The van der Waals surface area contributed by atoms with Crippen LogP contribution in [0.15, 0.2) is 72.9 Å². The number of rotatable bonds is 32. The summed E-state index contributed by atoms with van der Waals surface area (Å²) in [5, 5.41) is 21.2. The maximum absolute atomic E-state index is 11.5. The van der Waals surface area contributed by atoms with Crippen molar-refractivity contribution >= 4 is 7.82 Å². The van der Waals surface area contributed by atoms with Gasteiger partial charge in [-0.2, -0.15) is 0 Å². The highest BCUT2D eigenvalue weighted by Gasteiger charge is 2.32. The summed E-state index contributed by atoms with van der Waals surface area (Å²) < 4.78 is 16.4. The van der Waals surface area contributed by atoms with Gasteiger partial charge in [0.15, 0.2) is 0 Å². The normalized spacial score (nSPS) is 15.2. The van der Waals surface area contributed by atoms with Crippen LogP contribution in [0.1, 0.15) is 155 Å². The van der Waals surface area contributed by atoms with Gasteiger partial charge in [-0.15, -0.1) is 0 Å². The number of aliphatic hydroxyl groups is 2. The third kappa shape index (κ3) is 32.4. The second-order valence-corrected chi connectivity index (χ2v) is 13.4. The first kappa shape index (κ1) is 44.5. The minimum atomic E-state index is -4.77. The summed E-state index contributed by atoms with van der Waals surface area (Å²) in [5.41, 5.74) is 0. The first-order chi connectivity index (χ1) is 22.3. The molecular weight excluding hydrogens is 595 g/mol. The number of hydrogen-bond donors (Lipinski definition) is 4. The lowest BCUT2D eigenvalue weighted by Crippen LogP contribution is -2.38. The molecule has 0 fully saturated rings. The Kier molecular flexibility index (Phi) is 32.3. The molecular formula is C39H69O6P. The number of unbranched alkanes of at least 4 members (excludes halogenated alkanes) is 12. The average molecular weight is 665 g/mol. The molecule has 0 radical (unpaired) electrons. The van der Waals surface area contributed by atoms with Crippen molar-refractivity contribution in [3.63, 3.8) is 0 Å². The summed E-state index contributed by atoms with van der Waals surface area (Å²) >= 11 is 0. The molecule has 6 nitrogen and oxygen atoms in total.